The van der Waals surface area contributed by atoms with E-state index >= 15 is 0 Å². The summed E-state index contributed by atoms with van der Waals surface area (Å²) in [6.45, 7) is 3.86. The van der Waals surface area contributed by atoms with E-state index in [0.717, 1.165) is 11.3 Å². The molecule has 0 saturated heterocycles. The second-order valence-electron chi connectivity index (χ2n) is 4.71. The molecule has 6 nitrogen and oxygen atoms in total. The van der Waals surface area contributed by atoms with Crippen LogP contribution in [0.4, 0.5) is 0 Å². The lowest BCUT2D eigenvalue weighted by Crippen LogP contribution is -2.31. The highest BCUT2D eigenvalue weighted by Crippen LogP contribution is 2.21. The van der Waals surface area contributed by atoms with E-state index < -0.39 is 0 Å². The third-order valence-electron chi connectivity index (χ3n) is 2.61. The molecule has 0 aliphatic rings. The molecule has 2 aromatic rings. The number of carbonyl (C=O) groups is 1. The summed E-state index contributed by atoms with van der Waals surface area (Å²) in [6.07, 6.45) is 0. The van der Waals surface area contributed by atoms with Gasteiger partial charge in [0.05, 0.1) is 12.9 Å². The van der Waals surface area contributed by atoms with Gasteiger partial charge in [-0.15, -0.1) is 5.10 Å². The molecule has 2 N–H and O–H groups in total. The maximum Gasteiger partial charge on any atom is 0.230 e. The van der Waals surface area contributed by atoms with Gasteiger partial charge in [0, 0.05) is 11.6 Å². The molecule has 2 rings (SSSR count). The summed E-state index contributed by atoms with van der Waals surface area (Å²) < 4.78 is 5.11. The van der Waals surface area contributed by atoms with Gasteiger partial charge in [0.2, 0.25) is 11.1 Å². The number of methoxy groups -OCH3 is 1. The number of rotatable bonds is 6. The van der Waals surface area contributed by atoms with Crippen molar-refractivity contribution in [2.24, 2.45) is 0 Å². The third kappa shape index (κ3) is 4.49. The molecule has 0 aliphatic heterocycles. The van der Waals surface area contributed by atoms with E-state index in [1.54, 1.807) is 7.11 Å². The maximum atomic E-state index is 11.6. The molecular formula is C14H18N4O2S. The number of hydrogen-bond acceptors (Lipinski definition) is 5. The fraction of sp³-hybridized carbons (Fsp3) is 0.357. The average Bonchev–Trinajstić information content (AvgIpc) is 2.93. The van der Waals surface area contributed by atoms with Crippen molar-refractivity contribution in [2.75, 3.05) is 12.9 Å². The normalized spacial score (nSPS) is 10.7. The van der Waals surface area contributed by atoms with Crippen LogP contribution in [0.25, 0.3) is 11.4 Å². The van der Waals surface area contributed by atoms with E-state index in [0.29, 0.717) is 16.7 Å². The molecule has 0 radical (unpaired) electrons. The van der Waals surface area contributed by atoms with Crippen LogP contribution in [0.3, 0.4) is 0 Å². The van der Waals surface area contributed by atoms with Gasteiger partial charge in [-0.2, -0.15) is 0 Å². The first-order valence-electron chi connectivity index (χ1n) is 6.57. The minimum atomic E-state index is -0.0224. The quantitative estimate of drug-likeness (QED) is 0.799. The van der Waals surface area contributed by atoms with Crippen molar-refractivity contribution in [3.05, 3.63) is 24.3 Å². The minimum Gasteiger partial charge on any atom is -0.497 e. The summed E-state index contributed by atoms with van der Waals surface area (Å²) in [7, 11) is 1.63. The number of nitrogens with zero attached hydrogens (tertiary/aromatic N) is 2. The maximum absolute atomic E-state index is 11.6. The van der Waals surface area contributed by atoms with Gasteiger partial charge >= 0.3 is 0 Å². The molecule has 0 bridgehead atoms. The molecular weight excluding hydrogens is 288 g/mol. The number of thioether (sulfide) groups is 1. The highest BCUT2D eigenvalue weighted by molar-refractivity contribution is 7.99. The Morgan fingerprint density at radius 3 is 2.71 bits per heavy atom. The number of benzene rings is 1. The van der Waals surface area contributed by atoms with Crippen LogP contribution in [0.2, 0.25) is 0 Å². The molecule has 1 heterocycles. The summed E-state index contributed by atoms with van der Waals surface area (Å²) in [6, 6.07) is 7.67. The second-order valence-corrected chi connectivity index (χ2v) is 5.65. The lowest BCUT2D eigenvalue weighted by molar-refractivity contribution is -0.119. The summed E-state index contributed by atoms with van der Waals surface area (Å²) in [4.78, 5) is 15.9. The molecule has 1 aromatic carbocycles. The molecule has 0 unspecified atom stereocenters. The molecule has 0 atom stereocenters. The van der Waals surface area contributed by atoms with Crippen LogP contribution in [0.15, 0.2) is 29.4 Å². The molecule has 0 spiro atoms. The largest absolute Gasteiger partial charge is 0.497 e. The Morgan fingerprint density at radius 2 is 2.10 bits per heavy atom. The highest BCUT2D eigenvalue weighted by Gasteiger charge is 2.09. The Balaban J connectivity index is 1.96. The van der Waals surface area contributed by atoms with Crippen molar-refractivity contribution in [2.45, 2.75) is 25.0 Å². The first-order valence-corrected chi connectivity index (χ1v) is 7.56. The van der Waals surface area contributed by atoms with Crippen LogP contribution in [0.5, 0.6) is 5.75 Å². The van der Waals surface area contributed by atoms with Crippen LogP contribution in [-0.4, -0.2) is 40.0 Å². The van der Waals surface area contributed by atoms with E-state index in [2.05, 4.69) is 20.5 Å². The Kier molecular flexibility index (Phi) is 5.21. The van der Waals surface area contributed by atoms with Crippen LogP contribution in [-0.2, 0) is 4.79 Å². The molecule has 7 heteroatoms. The standard InChI is InChI=1S/C14H18N4O2S/c1-9(2)15-12(19)8-21-14-16-13(17-18-14)10-4-6-11(20-3)7-5-10/h4-7,9H,8H2,1-3H3,(H,15,19)(H,16,17,18). The predicted molar refractivity (Wildman–Crippen MR) is 82.4 cm³/mol. The number of aromatic nitrogens is 3. The highest BCUT2D eigenvalue weighted by atomic mass is 32.2. The number of ether oxygens (including phenoxy) is 1. The first kappa shape index (κ1) is 15.4. The topological polar surface area (TPSA) is 79.9 Å². The molecule has 1 amide bonds. The molecule has 0 saturated carbocycles. The summed E-state index contributed by atoms with van der Waals surface area (Å²) >= 11 is 1.30. The van der Waals surface area contributed by atoms with Gasteiger partial charge in [0.15, 0.2) is 5.82 Å². The van der Waals surface area contributed by atoms with E-state index in [-0.39, 0.29) is 11.9 Å². The lowest BCUT2D eigenvalue weighted by Gasteiger charge is -2.06. The van der Waals surface area contributed by atoms with Gasteiger partial charge < -0.3 is 10.1 Å². The molecule has 0 aliphatic carbocycles. The van der Waals surface area contributed by atoms with E-state index in [1.165, 1.54) is 11.8 Å². The monoisotopic (exact) mass is 306 g/mol. The van der Waals surface area contributed by atoms with Crippen LogP contribution >= 0.6 is 11.8 Å². The van der Waals surface area contributed by atoms with Crippen molar-refractivity contribution in [1.82, 2.24) is 20.5 Å². The van der Waals surface area contributed by atoms with E-state index in [4.69, 9.17) is 4.74 Å². The van der Waals surface area contributed by atoms with Crippen molar-refractivity contribution in [1.29, 1.82) is 0 Å². The van der Waals surface area contributed by atoms with Gasteiger partial charge in [-0.3, -0.25) is 9.89 Å². The Hall–Kier alpha value is -2.02. The van der Waals surface area contributed by atoms with Gasteiger partial charge in [0.1, 0.15) is 5.75 Å². The molecule has 112 valence electrons. The fourth-order valence-corrected chi connectivity index (χ4v) is 2.29. The zero-order valence-corrected chi connectivity index (χ0v) is 13.0. The number of hydrogen-bond donors (Lipinski definition) is 2. The Bertz CT molecular complexity index is 595. The summed E-state index contributed by atoms with van der Waals surface area (Å²) in [5.74, 6) is 1.74. The number of nitrogens with one attached hydrogen (secondary N) is 2. The van der Waals surface area contributed by atoms with E-state index in [1.807, 2.05) is 38.1 Å². The van der Waals surface area contributed by atoms with Gasteiger partial charge in [-0.05, 0) is 38.1 Å². The first-order chi connectivity index (χ1) is 10.1. The van der Waals surface area contributed by atoms with Crippen molar-refractivity contribution >= 4 is 17.7 Å². The second kappa shape index (κ2) is 7.12. The minimum absolute atomic E-state index is 0.0224. The van der Waals surface area contributed by atoms with Crippen LogP contribution in [0, 0.1) is 0 Å². The molecule has 0 fully saturated rings. The Morgan fingerprint density at radius 1 is 1.38 bits per heavy atom. The SMILES string of the molecule is COc1ccc(-c2nc(SCC(=O)NC(C)C)n[nH]2)cc1. The predicted octanol–water partition coefficient (Wildman–Crippen LogP) is 2.10. The number of amides is 1. The van der Waals surface area contributed by atoms with Crippen molar-refractivity contribution < 1.29 is 9.53 Å². The summed E-state index contributed by atoms with van der Waals surface area (Å²) in [5.41, 5.74) is 0.918. The van der Waals surface area contributed by atoms with Gasteiger partial charge in [-0.25, -0.2) is 4.98 Å². The number of H-pyrrole nitrogens is 1. The summed E-state index contributed by atoms with van der Waals surface area (Å²) in [5, 5.41) is 10.4. The molecule has 1 aromatic heterocycles. The van der Waals surface area contributed by atoms with Crippen molar-refractivity contribution in [3.8, 4) is 17.1 Å². The average molecular weight is 306 g/mol. The van der Waals surface area contributed by atoms with Crippen molar-refractivity contribution in [3.63, 3.8) is 0 Å². The van der Waals surface area contributed by atoms with Gasteiger partial charge in [0.25, 0.3) is 0 Å². The lowest BCUT2D eigenvalue weighted by atomic mass is 10.2. The van der Waals surface area contributed by atoms with E-state index in [9.17, 15) is 4.79 Å². The number of aromatic amines is 1. The molecule has 21 heavy (non-hydrogen) atoms. The third-order valence-corrected chi connectivity index (χ3v) is 3.46. The Labute approximate surface area is 127 Å². The van der Waals surface area contributed by atoms with Gasteiger partial charge in [-0.1, -0.05) is 11.8 Å². The zero-order chi connectivity index (χ0) is 15.2. The fourth-order valence-electron chi connectivity index (χ4n) is 1.68. The van der Waals surface area contributed by atoms with Crippen LogP contribution in [0.1, 0.15) is 13.8 Å². The smallest absolute Gasteiger partial charge is 0.230 e. The van der Waals surface area contributed by atoms with Crippen LogP contribution < -0.4 is 10.1 Å². The zero-order valence-electron chi connectivity index (χ0n) is 12.2. The number of carbonyl (C=O) groups excluding carboxylic acids is 1.